The molecule has 0 aliphatic carbocycles. The Balaban J connectivity index is 3.13. The minimum absolute atomic E-state index is 0.627. The van der Waals surface area contributed by atoms with Crippen LogP contribution in [-0.4, -0.2) is 6.34 Å². The van der Waals surface area contributed by atoms with Crippen LogP contribution in [0.1, 0.15) is 5.56 Å². The number of nitrogens with zero attached hydrogens (tertiary/aromatic N) is 2. The van der Waals surface area contributed by atoms with Crippen molar-refractivity contribution in [2.45, 2.75) is 0 Å². The predicted octanol–water partition coefficient (Wildman–Crippen LogP) is 1.57. The summed E-state index contributed by atoms with van der Waals surface area (Å²) in [4.78, 5) is 0. The van der Waals surface area contributed by atoms with Gasteiger partial charge in [0.15, 0.2) is 0 Å². The van der Waals surface area contributed by atoms with Crippen LogP contribution in [0.4, 0.5) is 5.69 Å². The Morgan fingerprint density at radius 1 is 1.50 bits per heavy atom. The Hall–Kier alpha value is -1.52. The van der Waals surface area contributed by atoms with Gasteiger partial charge in [-0.3, -0.25) is 5.01 Å². The van der Waals surface area contributed by atoms with Gasteiger partial charge in [-0.15, -0.1) is 0 Å². The fourth-order valence-electron chi connectivity index (χ4n) is 1.06. The van der Waals surface area contributed by atoms with Gasteiger partial charge in [0.25, 0.3) is 0 Å². The van der Waals surface area contributed by atoms with Crippen molar-refractivity contribution in [1.82, 2.24) is 0 Å². The molecule has 0 aliphatic rings. The average molecular weight is 211 g/mol. The summed E-state index contributed by atoms with van der Waals surface area (Å²) in [5.74, 6) is 10.6. The van der Waals surface area contributed by atoms with Crippen LogP contribution in [0.25, 0.3) is 6.08 Å². The molecule has 74 valence electrons. The fraction of sp³-hybridized carbons (Fsp3) is 0. The molecule has 0 bridgehead atoms. The molecule has 4 nitrogen and oxygen atoms in total. The number of rotatable bonds is 3. The first-order valence-corrected chi connectivity index (χ1v) is 4.26. The van der Waals surface area contributed by atoms with Crippen molar-refractivity contribution in [1.29, 1.82) is 0 Å². The van der Waals surface area contributed by atoms with E-state index in [1.807, 2.05) is 0 Å². The summed E-state index contributed by atoms with van der Waals surface area (Å²) in [6, 6.07) is 5.25. The Kier molecular flexibility index (Phi) is 3.50. The highest BCUT2D eigenvalue weighted by Gasteiger charge is 2.04. The quantitative estimate of drug-likeness (QED) is 0.344. The van der Waals surface area contributed by atoms with Gasteiger partial charge in [0, 0.05) is 10.6 Å². The summed E-state index contributed by atoms with van der Waals surface area (Å²) in [6.07, 6.45) is 2.96. The lowest BCUT2D eigenvalue weighted by Crippen LogP contribution is -2.30. The van der Waals surface area contributed by atoms with Crippen LogP contribution in [-0.2, 0) is 0 Å². The number of hydrazine groups is 1. The highest BCUT2D eigenvalue weighted by Crippen LogP contribution is 2.22. The maximum absolute atomic E-state index is 5.81. The van der Waals surface area contributed by atoms with E-state index in [-0.39, 0.29) is 0 Å². The molecule has 0 saturated carbocycles. The lowest BCUT2D eigenvalue weighted by atomic mass is 10.2. The van der Waals surface area contributed by atoms with Crippen molar-refractivity contribution >= 4 is 29.7 Å². The van der Waals surface area contributed by atoms with Crippen molar-refractivity contribution < 1.29 is 0 Å². The molecule has 0 heterocycles. The number of hydrogen-bond donors (Lipinski definition) is 2. The normalized spacial score (nSPS) is 10.4. The molecule has 5 heteroatoms. The van der Waals surface area contributed by atoms with Crippen LogP contribution in [0.2, 0.25) is 5.02 Å². The molecule has 1 aromatic carbocycles. The maximum Gasteiger partial charge on any atom is 0.129 e. The maximum atomic E-state index is 5.81. The molecule has 0 aliphatic heterocycles. The first-order valence-electron chi connectivity index (χ1n) is 3.88. The van der Waals surface area contributed by atoms with Gasteiger partial charge in [-0.1, -0.05) is 24.3 Å². The van der Waals surface area contributed by atoms with E-state index in [1.165, 1.54) is 11.3 Å². The number of hydrogen-bond acceptors (Lipinski definition) is 3. The van der Waals surface area contributed by atoms with E-state index >= 15 is 0 Å². The predicted molar refractivity (Wildman–Crippen MR) is 60.9 cm³/mol. The monoisotopic (exact) mass is 210 g/mol. The van der Waals surface area contributed by atoms with Crippen molar-refractivity contribution in [2.75, 3.05) is 5.01 Å². The van der Waals surface area contributed by atoms with E-state index in [4.69, 9.17) is 23.3 Å². The third-order valence-electron chi connectivity index (χ3n) is 1.68. The zero-order valence-electron chi connectivity index (χ0n) is 7.52. The summed E-state index contributed by atoms with van der Waals surface area (Å²) >= 11 is 5.81. The van der Waals surface area contributed by atoms with Gasteiger partial charge in [-0.05, 0) is 18.2 Å². The van der Waals surface area contributed by atoms with Gasteiger partial charge < -0.3 is 5.84 Å². The van der Waals surface area contributed by atoms with Crippen LogP contribution < -0.4 is 16.7 Å². The summed E-state index contributed by atoms with van der Waals surface area (Å²) in [6.45, 7) is 3.66. The second-order valence-corrected chi connectivity index (χ2v) is 3.02. The zero-order chi connectivity index (χ0) is 10.6. The van der Waals surface area contributed by atoms with E-state index in [2.05, 4.69) is 11.7 Å². The average Bonchev–Trinajstić information content (AvgIpc) is 2.17. The van der Waals surface area contributed by atoms with Crippen molar-refractivity contribution in [3.8, 4) is 0 Å². The van der Waals surface area contributed by atoms with Gasteiger partial charge in [0.05, 0.1) is 5.69 Å². The summed E-state index contributed by atoms with van der Waals surface area (Å²) < 4.78 is 0. The Morgan fingerprint density at radius 2 is 2.21 bits per heavy atom. The van der Waals surface area contributed by atoms with Gasteiger partial charge in [0.1, 0.15) is 6.34 Å². The first kappa shape index (κ1) is 10.6. The molecule has 0 radical (unpaired) electrons. The SMILES string of the molecule is C=Cc1cc(Cl)ccc1N(N)/C=N\N. The topological polar surface area (TPSA) is 67.6 Å². The molecule has 0 unspecified atom stereocenters. The van der Waals surface area contributed by atoms with Crippen molar-refractivity contribution in [3.05, 3.63) is 35.4 Å². The van der Waals surface area contributed by atoms with Crippen LogP contribution >= 0.6 is 11.6 Å². The summed E-state index contributed by atoms with van der Waals surface area (Å²) in [5, 5.41) is 5.24. The van der Waals surface area contributed by atoms with Crippen LogP contribution in [0.5, 0.6) is 0 Å². The minimum atomic E-state index is 0.627. The molecule has 0 aromatic heterocycles. The molecule has 0 saturated heterocycles. The molecule has 4 N–H and O–H groups in total. The molecule has 0 spiro atoms. The van der Waals surface area contributed by atoms with Crippen molar-refractivity contribution in [3.63, 3.8) is 0 Å². The minimum Gasteiger partial charge on any atom is -0.322 e. The molecule has 1 aromatic rings. The molecule has 0 fully saturated rings. The van der Waals surface area contributed by atoms with E-state index < -0.39 is 0 Å². The summed E-state index contributed by atoms with van der Waals surface area (Å²) in [5.41, 5.74) is 1.55. The molecule has 0 atom stereocenters. The third-order valence-corrected chi connectivity index (χ3v) is 1.91. The second kappa shape index (κ2) is 4.64. The lowest BCUT2D eigenvalue weighted by molar-refractivity contribution is 1.12. The van der Waals surface area contributed by atoms with E-state index in [0.29, 0.717) is 5.02 Å². The number of halogens is 1. The molecular weight excluding hydrogens is 200 g/mol. The van der Waals surface area contributed by atoms with E-state index in [9.17, 15) is 0 Å². The second-order valence-electron chi connectivity index (χ2n) is 2.58. The van der Waals surface area contributed by atoms with Gasteiger partial charge >= 0.3 is 0 Å². The Morgan fingerprint density at radius 3 is 2.79 bits per heavy atom. The van der Waals surface area contributed by atoms with Crippen molar-refractivity contribution in [2.24, 2.45) is 16.8 Å². The lowest BCUT2D eigenvalue weighted by Gasteiger charge is -2.15. The van der Waals surface area contributed by atoms with Crippen LogP contribution in [0.15, 0.2) is 29.9 Å². The largest absolute Gasteiger partial charge is 0.322 e. The Labute approximate surface area is 87.4 Å². The highest BCUT2D eigenvalue weighted by molar-refractivity contribution is 6.30. The zero-order valence-corrected chi connectivity index (χ0v) is 8.28. The number of benzene rings is 1. The van der Waals surface area contributed by atoms with Crippen LogP contribution in [0.3, 0.4) is 0 Å². The van der Waals surface area contributed by atoms with Gasteiger partial charge in [-0.2, -0.15) is 5.10 Å². The summed E-state index contributed by atoms with van der Waals surface area (Å²) in [7, 11) is 0. The number of anilines is 1. The standard InChI is InChI=1S/C9H11ClN4/c1-2-7-5-8(10)3-4-9(7)14(12)6-13-11/h2-6H,1,11-12H2/b13-6-. The smallest absolute Gasteiger partial charge is 0.129 e. The molecule has 0 amide bonds. The van der Waals surface area contributed by atoms with Crippen LogP contribution in [0, 0.1) is 0 Å². The Bertz CT molecular complexity index is 362. The number of nitrogens with two attached hydrogens (primary N) is 2. The third kappa shape index (κ3) is 2.25. The van der Waals surface area contributed by atoms with Gasteiger partial charge in [0.2, 0.25) is 0 Å². The van der Waals surface area contributed by atoms with E-state index in [0.717, 1.165) is 11.3 Å². The fourth-order valence-corrected chi connectivity index (χ4v) is 1.24. The molecule has 14 heavy (non-hydrogen) atoms. The molecular formula is C9H11ClN4. The number of hydrazone groups is 1. The molecule has 1 rings (SSSR count). The highest BCUT2D eigenvalue weighted by atomic mass is 35.5. The first-order chi connectivity index (χ1) is 6.69. The van der Waals surface area contributed by atoms with Gasteiger partial charge in [-0.25, -0.2) is 5.84 Å². The van der Waals surface area contributed by atoms with E-state index in [1.54, 1.807) is 24.3 Å².